The van der Waals surface area contributed by atoms with Gasteiger partial charge < -0.3 is 5.32 Å². The van der Waals surface area contributed by atoms with Crippen molar-refractivity contribution in [3.63, 3.8) is 0 Å². The zero-order chi connectivity index (χ0) is 22.3. The first-order chi connectivity index (χ1) is 15.2. The number of rotatable bonds is 10. The predicted octanol–water partition coefficient (Wildman–Crippen LogP) is 8.11. The van der Waals surface area contributed by atoms with E-state index in [2.05, 4.69) is 25.9 Å². The van der Waals surface area contributed by atoms with Gasteiger partial charge in [-0.2, -0.15) is 0 Å². The average molecular weight is 432 g/mol. The largest absolute Gasteiger partial charge is 0.317 e. The highest BCUT2D eigenvalue weighted by atomic mass is 16.1. The lowest BCUT2D eigenvalue weighted by molar-refractivity contribution is -0.104. The van der Waals surface area contributed by atoms with Gasteiger partial charge in [0, 0.05) is 6.04 Å². The average Bonchev–Trinajstić information content (AvgIpc) is 2.84. The number of nitrogens with one attached hydrogen (secondary N) is 1. The fourth-order valence-corrected chi connectivity index (χ4v) is 6.79. The lowest BCUT2D eigenvalue weighted by Crippen LogP contribution is -2.30. The smallest absolute Gasteiger partial charge is 0.142 e. The highest BCUT2D eigenvalue weighted by Crippen LogP contribution is 2.43. The van der Waals surface area contributed by atoms with Gasteiger partial charge in [-0.3, -0.25) is 4.79 Å². The summed E-state index contributed by atoms with van der Waals surface area (Å²) < 4.78 is 0. The molecule has 2 nitrogen and oxygen atoms in total. The first kappa shape index (κ1) is 26.6. The Morgan fingerprint density at radius 2 is 1.13 bits per heavy atom. The van der Waals surface area contributed by atoms with Crippen LogP contribution in [-0.2, 0) is 4.79 Å². The fourth-order valence-electron chi connectivity index (χ4n) is 6.79. The van der Waals surface area contributed by atoms with Crippen LogP contribution in [0.15, 0.2) is 12.7 Å². The van der Waals surface area contributed by atoms with Crippen LogP contribution >= 0.6 is 0 Å². The molecule has 0 amide bonds. The van der Waals surface area contributed by atoms with Crippen LogP contribution in [-0.4, -0.2) is 19.4 Å². The molecule has 2 heteroatoms. The molecular weight excluding hydrogens is 378 g/mol. The Kier molecular flexibility index (Phi) is 13.8. The van der Waals surface area contributed by atoms with Crippen molar-refractivity contribution in [2.75, 3.05) is 7.05 Å². The van der Waals surface area contributed by atoms with Gasteiger partial charge >= 0.3 is 0 Å². The van der Waals surface area contributed by atoms with Gasteiger partial charge in [-0.25, -0.2) is 0 Å². The van der Waals surface area contributed by atoms with E-state index in [1.807, 2.05) is 0 Å². The normalized spacial score (nSPS) is 33.7. The van der Waals surface area contributed by atoms with Crippen LogP contribution in [0.25, 0.3) is 0 Å². The summed E-state index contributed by atoms with van der Waals surface area (Å²) >= 11 is 0. The second kappa shape index (κ2) is 16.1. The summed E-state index contributed by atoms with van der Waals surface area (Å²) in [4.78, 5) is 9.06. The number of carbonyl (C=O) groups excluding carboxylic acids is 1. The summed E-state index contributed by atoms with van der Waals surface area (Å²) in [6.45, 7) is 5.45. The maximum atomic E-state index is 9.06. The minimum absolute atomic E-state index is 0.639. The van der Waals surface area contributed by atoms with Crippen molar-refractivity contribution in [3.05, 3.63) is 12.7 Å². The number of carbonyl (C=O) groups is 1. The van der Waals surface area contributed by atoms with Gasteiger partial charge in [-0.15, -0.1) is 0 Å². The van der Waals surface area contributed by atoms with Crippen LogP contribution in [0.1, 0.15) is 122 Å². The van der Waals surface area contributed by atoms with Crippen molar-refractivity contribution in [2.24, 2.45) is 29.6 Å². The van der Waals surface area contributed by atoms with E-state index in [9.17, 15) is 0 Å². The third kappa shape index (κ3) is 10.2. The molecule has 1 N–H and O–H groups in total. The van der Waals surface area contributed by atoms with Gasteiger partial charge in [0.25, 0.3) is 0 Å². The Hall–Kier alpha value is -0.630. The van der Waals surface area contributed by atoms with Crippen LogP contribution in [0.4, 0.5) is 0 Å². The van der Waals surface area contributed by atoms with Gasteiger partial charge in [0.15, 0.2) is 0 Å². The van der Waals surface area contributed by atoms with Crippen LogP contribution in [0.3, 0.4) is 0 Å². The van der Waals surface area contributed by atoms with E-state index in [1.165, 1.54) is 63.9 Å². The number of unbranched alkanes of at least 4 members (excludes halogenated alkanes) is 2. The van der Waals surface area contributed by atoms with Crippen LogP contribution in [0, 0.1) is 29.6 Å². The Bertz CT molecular complexity index is 445. The molecule has 0 bridgehead atoms. The van der Waals surface area contributed by atoms with Crippen LogP contribution in [0.5, 0.6) is 0 Å². The molecule has 3 aliphatic carbocycles. The van der Waals surface area contributed by atoms with Crippen molar-refractivity contribution < 1.29 is 4.79 Å². The summed E-state index contributed by atoms with van der Waals surface area (Å²) in [6, 6.07) is 0.818. The van der Waals surface area contributed by atoms with Gasteiger partial charge in [0.05, 0.1) is 0 Å². The molecule has 0 aliphatic heterocycles. The minimum atomic E-state index is 0.639. The molecule has 180 valence electrons. The van der Waals surface area contributed by atoms with Crippen molar-refractivity contribution in [3.8, 4) is 0 Å². The quantitative estimate of drug-likeness (QED) is 0.215. The monoisotopic (exact) mass is 431 g/mol. The zero-order valence-corrected chi connectivity index (χ0v) is 21.0. The van der Waals surface area contributed by atoms with Crippen LogP contribution in [0.2, 0.25) is 0 Å². The maximum absolute atomic E-state index is 9.06. The van der Waals surface area contributed by atoms with E-state index in [0.29, 0.717) is 6.29 Å². The molecule has 0 spiro atoms. The first-order valence-electron chi connectivity index (χ1n) is 13.9. The third-order valence-corrected chi connectivity index (χ3v) is 9.00. The van der Waals surface area contributed by atoms with E-state index in [1.54, 1.807) is 57.8 Å². The molecule has 0 unspecified atom stereocenters. The standard InChI is InChI=1S/C26H49N.C3H4O/c1-3-4-5-6-21-9-15-24(16-10-21)25-17-11-22(12-18-25)7-8-23-13-19-26(27-2)20-14-23;1-2-3-4/h21-27H,3-20H2,1-2H3;2-3H,1H2. The Balaban J connectivity index is 0.000000785. The molecule has 0 heterocycles. The highest BCUT2D eigenvalue weighted by molar-refractivity contribution is 5.63. The maximum Gasteiger partial charge on any atom is 0.142 e. The van der Waals surface area contributed by atoms with Crippen molar-refractivity contribution in [1.82, 2.24) is 5.32 Å². The molecule has 0 atom stereocenters. The molecule has 3 aliphatic rings. The highest BCUT2D eigenvalue weighted by Gasteiger charge is 2.31. The molecular formula is C29H53NO. The van der Waals surface area contributed by atoms with Gasteiger partial charge in [0.2, 0.25) is 0 Å². The molecule has 0 aromatic carbocycles. The summed E-state index contributed by atoms with van der Waals surface area (Å²) in [5, 5.41) is 3.48. The second-order valence-electron chi connectivity index (χ2n) is 11.0. The predicted molar refractivity (Wildman–Crippen MR) is 135 cm³/mol. The van der Waals surface area contributed by atoms with E-state index in [-0.39, 0.29) is 0 Å². The molecule has 0 radical (unpaired) electrons. The Morgan fingerprint density at radius 1 is 0.710 bits per heavy atom. The molecule has 3 fully saturated rings. The number of aldehydes is 1. The van der Waals surface area contributed by atoms with Gasteiger partial charge in [-0.05, 0) is 94.1 Å². The Morgan fingerprint density at radius 3 is 1.52 bits per heavy atom. The summed E-state index contributed by atoms with van der Waals surface area (Å²) in [6.07, 6.45) is 29.1. The Labute approximate surface area is 194 Å². The lowest BCUT2D eigenvalue weighted by Gasteiger charge is -2.38. The van der Waals surface area contributed by atoms with Gasteiger partial charge in [-0.1, -0.05) is 77.7 Å². The fraction of sp³-hybridized carbons (Fsp3) is 0.897. The van der Waals surface area contributed by atoms with E-state index in [4.69, 9.17) is 4.79 Å². The summed E-state index contributed by atoms with van der Waals surface area (Å²) in [5.41, 5.74) is 0. The molecule has 3 rings (SSSR count). The SMILES string of the molecule is C=CC=O.CCCCCC1CCC(C2CCC(CCC3CCC(NC)CC3)CC2)CC1. The number of allylic oxidation sites excluding steroid dienone is 1. The summed E-state index contributed by atoms with van der Waals surface area (Å²) in [5.74, 6) is 5.42. The van der Waals surface area contributed by atoms with Crippen molar-refractivity contribution in [1.29, 1.82) is 0 Å². The topological polar surface area (TPSA) is 29.1 Å². The van der Waals surface area contributed by atoms with Crippen molar-refractivity contribution in [2.45, 2.75) is 129 Å². The summed E-state index contributed by atoms with van der Waals surface area (Å²) in [7, 11) is 2.14. The molecule has 0 aromatic rings. The van der Waals surface area contributed by atoms with E-state index in [0.717, 1.165) is 35.6 Å². The zero-order valence-electron chi connectivity index (χ0n) is 21.0. The lowest BCUT2D eigenvalue weighted by atomic mass is 9.68. The molecule has 31 heavy (non-hydrogen) atoms. The van der Waals surface area contributed by atoms with Gasteiger partial charge in [0.1, 0.15) is 6.29 Å². The third-order valence-electron chi connectivity index (χ3n) is 9.00. The first-order valence-corrected chi connectivity index (χ1v) is 13.9. The number of hydrogen-bond acceptors (Lipinski definition) is 2. The van der Waals surface area contributed by atoms with Crippen LogP contribution < -0.4 is 5.32 Å². The van der Waals surface area contributed by atoms with Crippen molar-refractivity contribution >= 4 is 6.29 Å². The second-order valence-corrected chi connectivity index (χ2v) is 11.0. The molecule has 3 saturated carbocycles. The minimum Gasteiger partial charge on any atom is -0.317 e. The number of hydrogen-bond donors (Lipinski definition) is 1. The van der Waals surface area contributed by atoms with E-state index >= 15 is 0 Å². The molecule has 0 aromatic heterocycles. The molecule has 0 saturated heterocycles. The van der Waals surface area contributed by atoms with E-state index < -0.39 is 0 Å².